The van der Waals surface area contributed by atoms with E-state index in [1.807, 2.05) is 13.0 Å². The van der Waals surface area contributed by atoms with E-state index in [1.165, 1.54) is 5.57 Å². The first-order chi connectivity index (χ1) is 14.9. The highest BCUT2D eigenvalue weighted by Crippen LogP contribution is 2.38. The molecule has 1 atom stereocenters. The van der Waals surface area contributed by atoms with E-state index in [1.54, 1.807) is 13.8 Å². The average Bonchev–Trinajstić information content (AvgIpc) is 3.24. The Kier molecular flexibility index (Phi) is 8.84. The van der Waals surface area contributed by atoms with Gasteiger partial charge in [-0.25, -0.2) is 4.79 Å². The summed E-state index contributed by atoms with van der Waals surface area (Å²) in [6, 6.07) is 0. The molecule has 0 aliphatic carbocycles. The molecule has 2 heterocycles. The van der Waals surface area contributed by atoms with Crippen LogP contribution in [0.5, 0.6) is 0 Å². The molecule has 2 aliphatic heterocycles. The molecule has 0 saturated carbocycles. The van der Waals surface area contributed by atoms with Gasteiger partial charge in [-0.2, -0.15) is 0 Å². The van der Waals surface area contributed by atoms with Crippen molar-refractivity contribution in [1.29, 1.82) is 0 Å². The molecule has 1 saturated heterocycles. The molecule has 0 aromatic heterocycles. The van der Waals surface area contributed by atoms with E-state index in [4.69, 9.17) is 18.9 Å². The van der Waals surface area contributed by atoms with Crippen LogP contribution in [0.2, 0.25) is 0 Å². The number of carbonyl (C=O) groups excluding carboxylic acids is 3. The number of rotatable bonds is 12. The third-order valence-corrected chi connectivity index (χ3v) is 5.39. The number of Topliss-reactive ketones (excluding diaryl/α,β-unsaturated/α-hetero) is 1. The van der Waals surface area contributed by atoms with Crippen molar-refractivity contribution < 1.29 is 33.3 Å². The third kappa shape index (κ3) is 9.39. The maximum Gasteiger partial charge on any atom is 0.337 e. The number of ketones is 1. The Bertz CT molecular complexity index is 814. The van der Waals surface area contributed by atoms with Crippen molar-refractivity contribution in [2.24, 2.45) is 0 Å². The Hall–Kier alpha value is -2.41. The Labute approximate surface area is 190 Å². The van der Waals surface area contributed by atoms with E-state index in [-0.39, 0.29) is 36.6 Å². The first-order valence-electron chi connectivity index (χ1n) is 11.2. The maximum absolute atomic E-state index is 12.1. The molecule has 178 valence electrons. The van der Waals surface area contributed by atoms with Gasteiger partial charge in [0.25, 0.3) is 0 Å². The van der Waals surface area contributed by atoms with Gasteiger partial charge in [0, 0.05) is 13.8 Å². The Morgan fingerprint density at radius 2 is 1.72 bits per heavy atom. The highest BCUT2D eigenvalue weighted by molar-refractivity contribution is 5.97. The zero-order valence-corrected chi connectivity index (χ0v) is 20.1. The second-order valence-corrected chi connectivity index (χ2v) is 9.50. The van der Waals surface area contributed by atoms with Crippen LogP contribution >= 0.6 is 0 Å². The Morgan fingerprint density at radius 1 is 1.06 bits per heavy atom. The summed E-state index contributed by atoms with van der Waals surface area (Å²) in [5, 5.41) is 0. The first-order valence-corrected chi connectivity index (χ1v) is 11.2. The molecule has 7 nitrogen and oxygen atoms in total. The second-order valence-electron chi connectivity index (χ2n) is 9.50. The zero-order chi connectivity index (χ0) is 23.9. The lowest BCUT2D eigenvalue weighted by molar-refractivity contribution is -0.205. The molecule has 0 aromatic rings. The summed E-state index contributed by atoms with van der Waals surface area (Å²) in [7, 11) is 0. The minimum absolute atomic E-state index is 0.0491. The van der Waals surface area contributed by atoms with E-state index in [0.717, 1.165) is 37.3 Å². The predicted octanol–water partition coefficient (Wildman–Crippen LogP) is 4.70. The van der Waals surface area contributed by atoms with Crippen LogP contribution in [0.1, 0.15) is 80.1 Å². The molecule has 2 rings (SSSR count). The average molecular weight is 449 g/mol. The highest BCUT2D eigenvalue weighted by atomic mass is 16.7. The first kappa shape index (κ1) is 25.8. The lowest BCUT2D eigenvalue weighted by Gasteiger charge is -2.30. The number of hydrogen-bond donors (Lipinski definition) is 0. The van der Waals surface area contributed by atoms with Crippen LogP contribution in [-0.2, 0) is 33.3 Å². The molecule has 32 heavy (non-hydrogen) atoms. The molecule has 0 bridgehead atoms. The number of allylic oxidation sites excluding steroid dienone is 4. The molecule has 0 N–H and O–H groups in total. The van der Waals surface area contributed by atoms with E-state index < -0.39 is 17.7 Å². The number of hydrogen-bond acceptors (Lipinski definition) is 7. The minimum atomic E-state index is -1.12. The van der Waals surface area contributed by atoms with Crippen molar-refractivity contribution in [3.63, 3.8) is 0 Å². The number of ether oxygens (including phenoxy) is 4. The van der Waals surface area contributed by atoms with Gasteiger partial charge < -0.3 is 18.9 Å². The molecule has 0 unspecified atom stereocenters. The summed E-state index contributed by atoms with van der Waals surface area (Å²) in [5.74, 6) is -2.48. The Balaban J connectivity index is 1.62. The van der Waals surface area contributed by atoms with Crippen molar-refractivity contribution in [2.75, 3.05) is 6.61 Å². The van der Waals surface area contributed by atoms with Crippen molar-refractivity contribution >= 4 is 17.7 Å². The zero-order valence-electron chi connectivity index (χ0n) is 20.1. The van der Waals surface area contributed by atoms with Crippen LogP contribution in [0.15, 0.2) is 35.1 Å². The maximum atomic E-state index is 12.1. The topological polar surface area (TPSA) is 91.4 Å². The number of carbonyl (C=O) groups is 3. The van der Waals surface area contributed by atoms with E-state index >= 15 is 0 Å². The SMILES string of the molecule is C/C(=C\COC(=O)CC(=O)CC1=CC(=O)OC(C)(C)O1)CC/C=C(\C)CC[C@@H]1OC1(C)C. The lowest BCUT2D eigenvalue weighted by atomic mass is 10.0. The summed E-state index contributed by atoms with van der Waals surface area (Å²) in [6.45, 7) is 11.7. The summed E-state index contributed by atoms with van der Waals surface area (Å²) in [5.41, 5.74) is 2.54. The van der Waals surface area contributed by atoms with Gasteiger partial charge in [-0.3, -0.25) is 9.59 Å². The number of cyclic esters (lactones) is 1. The fourth-order valence-corrected chi connectivity index (χ4v) is 3.45. The molecular weight excluding hydrogens is 412 g/mol. The van der Waals surface area contributed by atoms with Gasteiger partial charge in [0.15, 0.2) is 5.78 Å². The summed E-state index contributed by atoms with van der Waals surface area (Å²) in [4.78, 5) is 35.5. The fourth-order valence-electron chi connectivity index (χ4n) is 3.45. The summed E-state index contributed by atoms with van der Waals surface area (Å²) >= 11 is 0. The molecule has 2 aliphatic rings. The quantitative estimate of drug-likeness (QED) is 0.185. The molecule has 1 fully saturated rings. The van der Waals surface area contributed by atoms with Crippen molar-refractivity contribution in [3.05, 3.63) is 35.1 Å². The van der Waals surface area contributed by atoms with E-state index in [0.29, 0.717) is 6.10 Å². The molecule has 0 spiro atoms. The van der Waals surface area contributed by atoms with Gasteiger partial charge in [0.2, 0.25) is 5.79 Å². The fraction of sp³-hybridized carbons (Fsp3) is 0.640. The minimum Gasteiger partial charge on any atom is -0.461 e. The Morgan fingerprint density at radius 3 is 2.34 bits per heavy atom. The van der Waals surface area contributed by atoms with Gasteiger partial charge in [-0.1, -0.05) is 17.2 Å². The van der Waals surface area contributed by atoms with E-state index in [2.05, 4.69) is 26.8 Å². The predicted molar refractivity (Wildman–Crippen MR) is 119 cm³/mol. The van der Waals surface area contributed by atoms with E-state index in [9.17, 15) is 14.4 Å². The standard InChI is InChI=1S/C25H36O7/c1-17(10-11-21-24(3,4)31-21)8-7-9-18(2)12-13-29-22(27)15-19(26)14-20-16-23(28)32-25(5,6)30-20/h8,12,16,21H,7,9-11,13-15H2,1-6H3/b17-8+,18-12+/t21-/m0/s1. The highest BCUT2D eigenvalue weighted by Gasteiger charge is 2.46. The van der Waals surface area contributed by atoms with Crippen LogP contribution in [0.3, 0.4) is 0 Å². The van der Waals surface area contributed by atoms with Gasteiger partial charge in [0.05, 0.1) is 24.2 Å². The molecule has 0 radical (unpaired) electrons. The van der Waals surface area contributed by atoms with Crippen LogP contribution in [0.4, 0.5) is 0 Å². The summed E-state index contributed by atoms with van der Waals surface area (Å²) < 4.78 is 21.1. The molecular formula is C25H36O7. The molecule has 0 aromatic carbocycles. The van der Waals surface area contributed by atoms with Gasteiger partial charge >= 0.3 is 11.9 Å². The molecule has 0 amide bonds. The normalized spacial score (nSPS) is 21.9. The molecule has 7 heteroatoms. The van der Waals surface area contributed by atoms with Crippen LogP contribution < -0.4 is 0 Å². The smallest absolute Gasteiger partial charge is 0.337 e. The third-order valence-electron chi connectivity index (χ3n) is 5.39. The number of epoxide rings is 1. The van der Waals surface area contributed by atoms with Crippen LogP contribution in [-0.4, -0.2) is 41.8 Å². The van der Waals surface area contributed by atoms with Crippen molar-refractivity contribution in [1.82, 2.24) is 0 Å². The van der Waals surface area contributed by atoms with Crippen LogP contribution in [0, 0.1) is 0 Å². The summed E-state index contributed by atoms with van der Waals surface area (Å²) in [6.07, 6.45) is 9.01. The van der Waals surface area contributed by atoms with Crippen molar-refractivity contribution in [2.45, 2.75) is 97.6 Å². The van der Waals surface area contributed by atoms with Gasteiger partial charge in [-0.05, 0) is 59.5 Å². The van der Waals surface area contributed by atoms with Gasteiger partial charge in [0.1, 0.15) is 18.8 Å². The monoisotopic (exact) mass is 448 g/mol. The lowest BCUT2D eigenvalue weighted by Crippen LogP contribution is -2.34. The van der Waals surface area contributed by atoms with Gasteiger partial charge in [-0.15, -0.1) is 0 Å². The van der Waals surface area contributed by atoms with Crippen LogP contribution in [0.25, 0.3) is 0 Å². The van der Waals surface area contributed by atoms with Crippen molar-refractivity contribution in [3.8, 4) is 0 Å². The number of esters is 2. The largest absolute Gasteiger partial charge is 0.461 e. The second kappa shape index (κ2) is 10.9.